The molecule has 1 aliphatic heterocycles. The summed E-state index contributed by atoms with van der Waals surface area (Å²) in [4.78, 5) is 24.4. The average Bonchev–Trinajstić information content (AvgIpc) is 2.73. The monoisotopic (exact) mass is 465 g/mol. The van der Waals surface area contributed by atoms with Crippen LogP contribution in [0.1, 0.15) is 23.5 Å². The van der Waals surface area contributed by atoms with Gasteiger partial charge in [0.1, 0.15) is 0 Å². The van der Waals surface area contributed by atoms with Gasteiger partial charge >= 0.3 is 6.18 Å². The van der Waals surface area contributed by atoms with Gasteiger partial charge in [0.2, 0.25) is 11.8 Å². The van der Waals surface area contributed by atoms with E-state index in [4.69, 9.17) is 11.6 Å². The first kappa shape index (κ1) is 22.7. The first-order valence-corrected chi connectivity index (χ1v) is 10.3. The van der Waals surface area contributed by atoms with Crippen molar-refractivity contribution >= 4 is 40.9 Å². The summed E-state index contributed by atoms with van der Waals surface area (Å²) in [6.45, 7) is 0. The Labute approximate surface area is 185 Å². The number of anilines is 1. The molecule has 3 rings (SSSR count). The molecule has 160 valence electrons. The van der Waals surface area contributed by atoms with Gasteiger partial charge in [-0.3, -0.25) is 9.59 Å². The van der Waals surface area contributed by atoms with E-state index in [-0.39, 0.29) is 33.8 Å². The molecule has 1 heterocycles. The Hall–Kier alpha value is -2.96. The van der Waals surface area contributed by atoms with Gasteiger partial charge in [-0.1, -0.05) is 53.7 Å². The molecule has 0 aliphatic carbocycles. The Morgan fingerprint density at radius 1 is 1.26 bits per heavy atom. The maximum Gasteiger partial charge on any atom is 0.416 e. The lowest BCUT2D eigenvalue weighted by molar-refractivity contribution is -0.137. The summed E-state index contributed by atoms with van der Waals surface area (Å²) in [5, 5.41) is 14.8. The highest BCUT2D eigenvalue weighted by molar-refractivity contribution is 8.03. The predicted octanol–water partition coefficient (Wildman–Crippen LogP) is 5.07. The van der Waals surface area contributed by atoms with Crippen LogP contribution in [0.15, 0.2) is 59.1 Å². The third-order valence-electron chi connectivity index (χ3n) is 4.47. The summed E-state index contributed by atoms with van der Waals surface area (Å²) in [5.41, 5.74) is -0.00102. The standard InChI is InChI=1S/C21H15ClF3N3O2S/c22-16-7-6-13(21(23,24)25)8-17(16)27-19(30)11-31-20-15(10-26)14(9-18(29)28-20)12-4-2-1-3-5-12/h1-8,14H,9,11H2,(H,27,30)(H,28,29)/t14-/m1/s1. The molecule has 2 aromatic rings. The van der Waals surface area contributed by atoms with Crippen LogP contribution in [0.4, 0.5) is 18.9 Å². The van der Waals surface area contributed by atoms with Gasteiger partial charge in [-0.05, 0) is 23.8 Å². The number of nitrogens with one attached hydrogen (secondary N) is 2. The largest absolute Gasteiger partial charge is 0.416 e. The van der Waals surface area contributed by atoms with Crippen molar-refractivity contribution in [3.8, 4) is 6.07 Å². The van der Waals surface area contributed by atoms with E-state index in [9.17, 15) is 28.0 Å². The van der Waals surface area contributed by atoms with Crippen molar-refractivity contribution < 1.29 is 22.8 Å². The molecular weight excluding hydrogens is 451 g/mol. The summed E-state index contributed by atoms with van der Waals surface area (Å²) in [6, 6.07) is 13.8. The van der Waals surface area contributed by atoms with Gasteiger partial charge in [-0.15, -0.1) is 0 Å². The lowest BCUT2D eigenvalue weighted by atomic mass is 9.87. The number of alkyl halides is 3. The number of nitriles is 1. The van der Waals surface area contributed by atoms with Crippen LogP contribution in [0.25, 0.3) is 0 Å². The maximum atomic E-state index is 12.9. The average molecular weight is 466 g/mol. The van der Waals surface area contributed by atoms with Crippen LogP contribution in [-0.4, -0.2) is 17.6 Å². The molecular formula is C21H15ClF3N3O2S. The number of carbonyl (C=O) groups excluding carboxylic acids is 2. The van der Waals surface area contributed by atoms with Gasteiger partial charge in [-0.25, -0.2) is 0 Å². The Bertz CT molecular complexity index is 1080. The summed E-state index contributed by atoms with van der Waals surface area (Å²) in [5.74, 6) is -1.61. The summed E-state index contributed by atoms with van der Waals surface area (Å²) >= 11 is 6.82. The van der Waals surface area contributed by atoms with Crippen molar-refractivity contribution in [2.45, 2.75) is 18.5 Å². The van der Waals surface area contributed by atoms with E-state index < -0.39 is 23.6 Å². The van der Waals surface area contributed by atoms with Crippen LogP contribution >= 0.6 is 23.4 Å². The van der Waals surface area contributed by atoms with Crippen molar-refractivity contribution in [3.63, 3.8) is 0 Å². The van der Waals surface area contributed by atoms with Crippen LogP contribution in [0.5, 0.6) is 0 Å². The number of amides is 2. The molecule has 2 aromatic carbocycles. The molecule has 0 bridgehead atoms. The quantitative estimate of drug-likeness (QED) is 0.646. The Balaban J connectivity index is 1.75. The van der Waals surface area contributed by atoms with Crippen molar-refractivity contribution in [2.24, 2.45) is 0 Å². The van der Waals surface area contributed by atoms with Crippen molar-refractivity contribution in [3.05, 3.63) is 75.3 Å². The fourth-order valence-corrected chi connectivity index (χ4v) is 4.07. The molecule has 2 amide bonds. The summed E-state index contributed by atoms with van der Waals surface area (Å²) < 4.78 is 38.7. The lowest BCUT2D eigenvalue weighted by Gasteiger charge is -2.25. The van der Waals surface area contributed by atoms with Gasteiger partial charge in [-0.2, -0.15) is 18.4 Å². The predicted molar refractivity (Wildman–Crippen MR) is 112 cm³/mol. The lowest BCUT2D eigenvalue weighted by Crippen LogP contribution is -2.31. The van der Waals surface area contributed by atoms with Gasteiger partial charge in [0.05, 0.1) is 38.7 Å². The number of carbonyl (C=O) groups is 2. The molecule has 0 spiro atoms. The van der Waals surface area contributed by atoms with Gasteiger partial charge in [0.15, 0.2) is 0 Å². The topological polar surface area (TPSA) is 82.0 Å². The Kier molecular flexibility index (Phi) is 6.93. The number of allylic oxidation sites excluding steroid dienone is 1. The molecule has 31 heavy (non-hydrogen) atoms. The number of halogens is 4. The van der Waals surface area contributed by atoms with E-state index in [0.29, 0.717) is 5.57 Å². The molecule has 1 atom stereocenters. The molecule has 0 saturated heterocycles. The fourth-order valence-electron chi connectivity index (χ4n) is 3.02. The van der Waals surface area contributed by atoms with E-state index in [1.165, 1.54) is 0 Å². The SMILES string of the molecule is N#CC1=C(SCC(=O)Nc2cc(C(F)(F)F)ccc2Cl)NC(=O)C[C@@H]1c1ccccc1. The minimum atomic E-state index is -4.58. The first-order valence-electron chi connectivity index (χ1n) is 8.97. The fraction of sp³-hybridized carbons (Fsp3) is 0.190. The molecule has 0 radical (unpaired) electrons. The molecule has 2 N–H and O–H groups in total. The van der Waals surface area contributed by atoms with Gasteiger partial charge in [0.25, 0.3) is 0 Å². The second-order valence-corrected chi connectivity index (χ2v) is 7.99. The van der Waals surface area contributed by atoms with Crippen molar-refractivity contribution in [2.75, 3.05) is 11.1 Å². The van der Waals surface area contributed by atoms with Crippen molar-refractivity contribution in [1.29, 1.82) is 5.26 Å². The highest BCUT2D eigenvalue weighted by atomic mass is 35.5. The zero-order chi connectivity index (χ0) is 22.6. The van der Waals surface area contributed by atoms with E-state index in [2.05, 4.69) is 16.7 Å². The van der Waals surface area contributed by atoms with E-state index in [1.807, 2.05) is 18.2 Å². The number of rotatable bonds is 5. The number of hydrogen-bond acceptors (Lipinski definition) is 4. The summed E-state index contributed by atoms with van der Waals surface area (Å²) in [6.07, 6.45) is -4.48. The molecule has 0 aromatic heterocycles. The van der Waals surface area contributed by atoms with Crippen LogP contribution < -0.4 is 10.6 Å². The van der Waals surface area contributed by atoms with Crippen LogP contribution in [0.3, 0.4) is 0 Å². The second kappa shape index (κ2) is 9.45. The third kappa shape index (κ3) is 5.60. The molecule has 0 fully saturated rings. The number of nitrogens with zero attached hydrogens (tertiary/aromatic N) is 1. The minimum Gasteiger partial charge on any atom is -0.324 e. The van der Waals surface area contributed by atoms with Crippen LogP contribution in [-0.2, 0) is 15.8 Å². The van der Waals surface area contributed by atoms with Crippen molar-refractivity contribution in [1.82, 2.24) is 5.32 Å². The number of benzene rings is 2. The Morgan fingerprint density at radius 2 is 1.97 bits per heavy atom. The first-order chi connectivity index (χ1) is 14.7. The molecule has 0 unspecified atom stereocenters. The molecule has 1 aliphatic rings. The van der Waals surface area contributed by atoms with Crippen LogP contribution in [0, 0.1) is 11.3 Å². The number of hydrogen-bond donors (Lipinski definition) is 2. The van der Waals surface area contributed by atoms with Crippen LogP contribution in [0.2, 0.25) is 5.02 Å². The molecule has 10 heteroatoms. The zero-order valence-corrected chi connectivity index (χ0v) is 17.4. The second-order valence-electron chi connectivity index (χ2n) is 6.60. The van der Waals surface area contributed by atoms with Gasteiger partial charge < -0.3 is 10.6 Å². The minimum absolute atomic E-state index is 0.0432. The summed E-state index contributed by atoms with van der Waals surface area (Å²) in [7, 11) is 0. The van der Waals surface area contributed by atoms with Gasteiger partial charge in [0, 0.05) is 12.3 Å². The smallest absolute Gasteiger partial charge is 0.324 e. The van der Waals surface area contributed by atoms with E-state index >= 15 is 0 Å². The molecule has 0 saturated carbocycles. The zero-order valence-electron chi connectivity index (χ0n) is 15.8. The third-order valence-corrected chi connectivity index (χ3v) is 5.82. The highest BCUT2D eigenvalue weighted by Crippen LogP contribution is 2.36. The highest BCUT2D eigenvalue weighted by Gasteiger charge is 2.32. The molecule has 5 nitrogen and oxygen atoms in total. The van der Waals surface area contributed by atoms with E-state index in [0.717, 1.165) is 35.5 Å². The maximum absolute atomic E-state index is 12.9. The van der Waals surface area contributed by atoms with E-state index in [1.54, 1.807) is 12.1 Å². The normalized spacial score (nSPS) is 16.5. The number of thioether (sulfide) groups is 1. The Morgan fingerprint density at radius 3 is 2.61 bits per heavy atom.